The molecule has 0 aliphatic carbocycles. The number of nitrogens with zero attached hydrogens (tertiary/aromatic N) is 3. The third-order valence-electron chi connectivity index (χ3n) is 5.12. The number of non-ortho nitro benzene ring substituents is 2. The second kappa shape index (κ2) is 9.52. The van der Waals surface area contributed by atoms with E-state index in [1.807, 2.05) is 19.9 Å². The van der Waals surface area contributed by atoms with Crippen molar-refractivity contribution < 1.29 is 34.1 Å². The Kier molecular flexibility index (Phi) is 6.75. The zero-order valence-electron chi connectivity index (χ0n) is 18.1. The minimum Gasteiger partial charge on any atom is -0.480 e. The first-order valence-corrected chi connectivity index (χ1v) is 9.98. The third kappa shape index (κ3) is 5.43. The molecule has 0 unspecified atom stereocenters. The van der Waals surface area contributed by atoms with Gasteiger partial charge in [-0.15, -0.1) is 0 Å². The average molecular weight is 472 g/mol. The number of amides is 2. The Morgan fingerprint density at radius 2 is 1.56 bits per heavy atom. The smallest absolute Gasteiger partial charge is 0.411 e. The van der Waals surface area contributed by atoms with E-state index in [4.69, 9.17) is 4.74 Å². The number of nitro benzene ring substituents is 2. The van der Waals surface area contributed by atoms with Crippen molar-refractivity contribution in [3.05, 3.63) is 73.3 Å². The van der Waals surface area contributed by atoms with Crippen LogP contribution < -0.4 is 5.32 Å². The number of carbonyl (C=O) groups is 3. The molecule has 1 aliphatic rings. The summed E-state index contributed by atoms with van der Waals surface area (Å²) < 4.78 is 5.29. The van der Waals surface area contributed by atoms with E-state index in [1.165, 1.54) is 0 Å². The third-order valence-corrected chi connectivity index (χ3v) is 5.12. The average Bonchev–Trinajstić information content (AvgIpc) is 3.15. The molecule has 1 saturated heterocycles. The van der Waals surface area contributed by atoms with E-state index in [0.29, 0.717) is 11.8 Å². The Bertz CT molecular complexity index is 1140. The van der Waals surface area contributed by atoms with Crippen LogP contribution in [0.1, 0.15) is 27.9 Å². The molecule has 2 atom stereocenters. The zero-order valence-corrected chi connectivity index (χ0v) is 18.1. The maximum atomic E-state index is 13.0. The molecule has 2 aromatic carbocycles. The van der Waals surface area contributed by atoms with E-state index < -0.39 is 56.9 Å². The first-order valence-electron chi connectivity index (χ1n) is 9.98. The summed E-state index contributed by atoms with van der Waals surface area (Å²) >= 11 is 0. The molecule has 0 radical (unpaired) electrons. The van der Waals surface area contributed by atoms with Crippen molar-refractivity contribution in [1.82, 2.24) is 4.90 Å². The van der Waals surface area contributed by atoms with Gasteiger partial charge >= 0.3 is 12.1 Å². The Morgan fingerprint density at radius 1 is 1.00 bits per heavy atom. The molecule has 2 amide bonds. The highest BCUT2D eigenvalue weighted by Crippen LogP contribution is 2.28. The lowest BCUT2D eigenvalue weighted by Crippen LogP contribution is -2.40. The number of rotatable bonds is 6. The molecule has 1 aliphatic heterocycles. The van der Waals surface area contributed by atoms with Gasteiger partial charge in [0, 0.05) is 24.2 Å². The van der Waals surface area contributed by atoms with Gasteiger partial charge in [-0.1, -0.05) is 6.07 Å². The Balaban J connectivity index is 1.79. The van der Waals surface area contributed by atoms with Crippen molar-refractivity contribution >= 4 is 35.0 Å². The van der Waals surface area contributed by atoms with Crippen molar-refractivity contribution in [2.45, 2.75) is 32.4 Å². The lowest BCUT2D eigenvalue weighted by molar-refractivity contribution is -0.394. The number of aliphatic carboxylic acids is 1. The second-order valence-electron chi connectivity index (χ2n) is 7.83. The van der Waals surface area contributed by atoms with Crippen LogP contribution in [0, 0.1) is 34.1 Å². The minimum atomic E-state index is -1.40. The molecule has 0 spiro atoms. The second-order valence-corrected chi connectivity index (χ2v) is 7.83. The maximum Gasteiger partial charge on any atom is 0.411 e. The normalized spacial score (nSPS) is 17.2. The molecule has 0 aromatic heterocycles. The fraction of sp³-hybridized carbons (Fsp3) is 0.286. The van der Waals surface area contributed by atoms with Gasteiger partial charge in [0.15, 0.2) is 0 Å². The maximum absolute atomic E-state index is 13.0. The first-order chi connectivity index (χ1) is 15.9. The topological polar surface area (TPSA) is 182 Å². The number of hydrogen-bond donors (Lipinski definition) is 2. The van der Waals surface area contributed by atoms with Crippen LogP contribution in [-0.4, -0.2) is 56.5 Å². The van der Waals surface area contributed by atoms with Crippen LogP contribution in [0.15, 0.2) is 36.4 Å². The van der Waals surface area contributed by atoms with Crippen LogP contribution in [0.3, 0.4) is 0 Å². The molecule has 3 rings (SSSR count). The van der Waals surface area contributed by atoms with Crippen LogP contribution in [0.5, 0.6) is 0 Å². The number of nitrogens with one attached hydrogen (secondary N) is 1. The van der Waals surface area contributed by atoms with Crippen molar-refractivity contribution in [2.75, 3.05) is 11.9 Å². The number of carboxylic acid groups (broad SMARTS) is 1. The lowest BCUT2D eigenvalue weighted by atomic mass is 10.1. The molecule has 178 valence electrons. The van der Waals surface area contributed by atoms with Crippen LogP contribution >= 0.6 is 0 Å². The fourth-order valence-electron chi connectivity index (χ4n) is 3.78. The van der Waals surface area contributed by atoms with Crippen LogP contribution in [0.25, 0.3) is 0 Å². The predicted molar refractivity (Wildman–Crippen MR) is 117 cm³/mol. The van der Waals surface area contributed by atoms with Gasteiger partial charge in [-0.2, -0.15) is 0 Å². The molecule has 2 N–H and O–H groups in total. The Labute approximate surface area is 192 Å². The SMILES string of the molecule is Cc1cc(C)cc(NC(=O)O[C@@H]2C[C@@H](C(=O)O)N(C(=O)c3cc([N+](=O)[O-])cc([N+](=O)[O-])c3)C2)c1. The van der Waals surface area contributed by atoms with E-state index >= 15 is 0 Å². The number of ether oxygens (including phenoxy) is 1. The van der Waals surface area contributed by atoms with Crippen LogP contribution in [0.4, 0.5) is 21.9 Å². The number of aryl methyl sites for hydroxylation is 2. The van der Waals surface area contributed by atoms with E-state index in [0.717, 1.165) is 28.2 Å². The van der Waals surface area contributed by atoms with E-state index in [9.17, 15) is 39.7 Å². The number of carboxylic acids is 1. The number of carbonyl (C=O) groups excluding carboxylic acids is 2. The van der Waals surface area contributed by atoms with Crippen molar-refractivity contribution in [2.24, 2.45) is 0 Å². The summed E-state index contributed by atoms with van der Waals surface area (Å²) in [5.41, 5.74) is 0.489. The molecule has 2 aromatic rings. The highest BCUT2D eigenvalue weighted by molar-refractivity contribution is 5.98. The van der Waals surface area contributed by atoms with Crippen LogP contribution in [0.2, 0.25) is 0 Å². The minimum absolute atomic E-state index is 0.224. The van der Waals surface area contributed by atoms with Gasteiger partial charge < -0.3 is 14.7 Å². The summed E-state index contributed by atoms with van der Waals surface area (Å²) in [6.07, 6.45) is -2.05. The highest BCUT2D eigenvalue weighted by atomic mass is 16.6. The van der Waals surface area contributed by atoms with Gasteiger partial charge in [0.1, 0.15) is 12.1 Å². The highest BCUT2D eigenvalue weighted by Gasteiger charge is 2.42. The number of nitro groups is 2. The molecule has 1 heterocycles. The van der Waals surface area contributed by atoms with Gasteiger partial charge in [-0.3, -0.25) is 30.3 Å². The molecule has 0 bridgehead atoms. The zero-order chi connectivity index (χ0) is 25.2. The number of likely N-dealkylation sites (tertiary alicyclic amines) is 1. The lowest BCUT2D eigenvalue weighted by Gasteiger charge is -2.21. The van der Waals surface area contributed by atoms with Gasteiger partial charge in [0.2, 0.25) is 0 Å². The summed E-state index contributed by atoms with van der Waals surface area (Å²) in [5.74, 6) is -2.35. The molecule has 1 fully saturated rings. The molecule has 13 heteroatoms. The van der Waals surface area contributed by atoms with Crippen molar-refractivity contribution in [3.63, 3.8) is 0 Å². The summed E-state index contributed by atoms with van der Waals surface area (Å²) in [4.78, 5) is 58.3. The summed E-state index contributed by atoms with van der Waals surface area (Å²) in [7, 11) is 0. The van der Waals surface area contributed by atoms with Crippen molar-refractivity contribution in [1.29, 1.82) is 0 Å². The molecule has 34 heavy (non-hydrogen) atoms. The molecular weight excluding hydrogens is 452 g/mol. The van der Waals surface area contributed by atoms with E-state index in [2.05, 4.69) is 5.32 Å². The van der Waals surface area contributed by atoms with Crippen molar-refractivity contribution in [3.8, 4) is 0 Å². The summed E-state index contributed by atoms with van der Waals surface area (Å²) in [5, 5.41) is 34.3. The molecular formula is C21H20N4O9. The van der Waals surface area contributed by atoms with Gasteiger partial charge in [0.25, 0.3) is 17.3 Å². The predicted octanol–water partition coefficient (Wildman–Crippen LogP) is 3.04. The van der Waals surface area contributed by atoms with E-state index in [-0.39, 0.29) is 13.0 Å². The largest absolute Gasteiger partial charge is 0.480 e. The summed E-state index contributed by atoms with van der Waals surface area (Å²) in [6, 6.07) is 6.29. The fourth-order valence-corrected chi connectivity index (χ4v) is 3.78. The number of benzene rings is 2. The van der Waals surface area contributed by atoms with Gasteiger partial charge in [0.05, 0.1) is 28.0 Å². The van der Waals surface area contributed by atoms with Crippen LogP contribution in [-0.2, 0) is 9.53 Å². The summed E-state index contributed by atoms with van der Waals surface area (Å²) in [6.45, 7) is 3.38. The number of anilines is 1. The standard InChI is InChI=1S/C21H20N4O9/c1-11-3-12(2)5-14(4-11)22-21(29)34-17-9-18(20(27)28)23(10-17)19(26)13-6-15(24(30)31)8-16(7-13)25(32)33/h3-8,17-18H,9-10H2,1-2H3,(H,22,29)(H,27,28)/t17-,18+/m1/s1. The Hall–Kier alpha value is -4.55. The van der Waals surface area contributed by atoms with E-state index in [1.54, 1.807) is 12.1 Å². The first kappa shape index (κ1) is 24.1. The van der Waals surface area contributed by atoms with Gasteiger partial charge in [-0.05, 0) is 37.1 Å². The molecule has 0 saturated carbocycles. The Morgan fingerprint density at radius 3 is 2.06 bits per heavy atom. The monoisotopic (exact) mass is 472 g/mol. The number of hydrogen-bond acceptors (Lipinski definition) is 8. The quantitative estimate of drug-likeness (QED) is 0.471. The molecule has 13 nitrogen and oxygen atoms in total. The van der Waals surface area contributed by atoms with Gasteiger partial charge in [-0.25, -0.2) is 9.59 Å².